The van der Waals surface area contributed by atoms with Gasteiger partial charge in [-0.25, -0.2) is 13.1 Å². The quantitative estimate of drug-likeness (QED) is 0.641. The number of carbonyl (C=O) groups is 1. The van der Waals surface area contributed by atoms with Crippen molar-refractivity contribution in [2.75, 3.05) is 12.3 Å². The largest absolute Gasteiger partial charge is 0.481 e. The van der Waals surface area contributed by atoms with E-state index in [-0.39, 0.29) is 25.1 Å². The molecule has 0 aliphatic heterocycles. The number of rotatable bonds is 8. The number of hydrogen-bond acceptors (Lipinski definition) is 6. The molecule has 0 saturated heterocycles. The molecule has 8 nitrogen and oxygen atoms in total. The zero-order valence-corrected chi connectivity index (χ0v) is 9.81. The molecule has 1 aromatic heterocycles. The van der Waals surface area contributed by atoms with Crippen molar-refractivity contribution in [1.29, 1.82) is 0 Å². The fourth-order valence-electron chi connectivity index (χ4n) is 1.11. The van der Waals surface area contributed by atoms with Gasteiger partial charge in [-0.05, 0) is 6.42 Å². The van der Waals surface area contributed by atoms with Crippen molar-refractivity contribution < 1.29 is 22.8 Å². The number of carboxylic acids is 1. The molecule has 0 aromatic carbocycles. The number of sulfonamides is 1. The molecule has 0 radical (unpaired) electrons. The zero-order chi connectivity index (χ0) is 12.7. The second-order valence-electron chi connectivity index (χ2n) is 3.30. The van der Waals surface area contributed by atoms with E-state index in [4.69, 9.17) is 5.11 Å². The summed E-state index contributed by atoms with van der Waals surface area (Å²) in [5, 5.41) is 11.7. The van der Waals surface area contributed by atoms with Gasteiger partial charge in [0.05, 0.1) is 5.75 Å². The van der Waals surface area contributed by atoms with Gasteiger partial charge in [0.2, 0.25) is 15.9 Å². The first kappa shape index (κ1) is 13.6. The minimum atomic E-state index is -3.43. The third-order valence-electron chi connectivity index (χ3n) is 1.87. The van der Waals surface area contributed by atoms with Crippen LogP contribution in [-0.2, 0) is 21.2 Å². The molecule has 0 fully saturated rings. The summed E-state index contributed by atoms with van der Waals surface area (Å²) in [6.07, 6.45) is 1.46. The lowest BCUT2D eigenvalue weighted by Crippen LogP contribution is -2.28. The van der Waals surface area contributed by atoms with E-state index in [2.05, 4.69) is 19.4 Å². The molecule has 1 heterocycles. The molecule has 0 saturated carbocycles. The van der Waals surface area contributed by atoms with Crippen LogP contribution in [0.25, 0.3) is 0 Å². The first-order chi connectivity index (χ1) is 7.99. The molecule has 96 valence electrons. The maximum atomic E-state index is 11.4. The van der Waals surface area contributed by atoms with E-state index < -0.39 is 16.0 Å². The Hall–Kier alpha value is -1.48. The van der Waals surface area contributed by atoms with Gasteiger partial charge in [0, 0.05) is 19.4 Å². The van der Waals surface area contributed by atoms with E-state index in [1.807, 2.05) is 0 Å². The normalized spacial score (nSPS) is 11.5. The first-order valence-electron chi connectivity index (χ1n) is 4.94. The highest BCUT2D eigenvalue weighted by molar-refractivity contribution is 7.89. The molecule has 0 aliphatic carbocycles. The van der Waals surface area contributed by atoms with Crippen molar-refractivity contribution in [2.24, 2.45) is 0 Å². The number of nitrogens with zero attached hydrogens (tertiary/aromatic N) is 2. The summed E-state index contributed by atoms with van der Waals surface area (Å²) in [6.45, 7) is 0.150. The van der Waals surface area contributed by atoms with Gasteiger partial charge >= 0.3 is 5.97 Å². The third-order valence-corrected chi connectivity index (χ3v) is 3.34. The van der Waals surface area contributed by atoms with E-state index in [0.29, 0.717) is 12.3 Å². The van der Waals surface area contributed by atoms with Crippen LogP contribution in [0.5, 0.6) is 0 Å². The monoisotopic (exact) mass is 263 g/mol. The number of nitrogens with one attached hydrogen (secondary N) is 1. The van der Waals surface area contributed by atoms with Gasteiger partial charge in [-0.15, -0.1) is 0 Å². The molecule has 1 rings (SSSR count). The summed E-state index contributed by atoms with van der Waals surface area (Å²) in [4.78, 5) is 13.9. The Balaban J connectivity index is 2.22. The summed E-state index contributed by atoms with van der Waals surface area (Å²) in [5.74, 6) is -0.868. The summed E-state index contributed by atoms with van der Waals surface area (Å²) in [6, 6.07) is 0. The molecule has 0 aliphatic rings. The predicted octanol–water partition coefficient (Wildman–Crippen LogP) is -0.604. The maximum Gasteiger partial charge on any atom is 0.303 e. The Morgan fingerprint density at radius 3 is 2.88 bits per heavy atom. The van der Waals surface area contributed by atoms with Crippen molar-refractivity contribution in [3.8, 4) is 0 Å². The van der Waals surface area contributed by atoms with Gasteiger partial charge in [0.15, 0.2) is 6.33 Å². The van der Waals surface area contributed by atoms with Crippen molar-refractivity contribution >= 4 is 16.0 Å². The van der Waals surface area contributed by atoms with Crippen LogP contribution >= 0.6 is 0 Å². The number of hydrogen-bond donors (Lipinski definition) is 2. The van der Waals surface area contributed by atoms with Crippen LogP contribution in [0, 0.1) is 0 Å². The molecule has 2 N–H and O–H groups in total. The van der Waals surface area contributed by atoms with Gasteiger partial charge in [0.25, 0.3) is 0 Å². The van der Waals surface area contributed by atoms with E-state index in [9.17, 15) is 13.2 Å². The smallest absolute Gasteiger partial charge is 0.303 e. The van der Waals surface area contributed by atoms with Crippen molar-refractivity contribution in [2.45, 2.75) is 19.3 Å². The summed E-state index contributed by atoms with van der Waals surface area (Å²) < 4.78 is 29.7. The number of aliphatic carboxylic acids is 1. The highest BCUT2D eigenvalue weighted by Crippen LogP contribution is 1.96. The topological polar surface area (TPSA) is 122 Å². The molecule has 17 heavy (non-hydrogen) atoms. The minimum Gasteiger partial charge on any atom is -0.481 e. The van der Waals surface area contributed by atoms with Crippen LogP contribution < -0.4 is 4.72 Å². The zero-order valence-electron chi connectivity index (χ0n) is 9.00. The molecule has 0 unspecified atom stereocenters. The first-order valence-corrected chi connectivity index (χ1v) is 6.59. The van der Waals surface area contributed by atoms with Gasteiger partial charge in [-0.2, -0.15) is 4.98 Å². The highest BCUT2D eigenvalue weighted by atomic mass is 32.2. The van der Waals surface area contributed by atoms with E-state index >= 15 is 0 Å². The van der Waals surface area contributed by atoms with Crippen molar-refractivity contribution in [3.05, 3.63) is 12.2 Å². The van der Waals surface area contributed by atoms with Gasteiger partial charge in [-0.1, -0.05) is 5.16 Å². The fraction of sp³-hybridized carbons (Fsp3) is 0.625. The Morgan fingerprint density at radius 1 is 1.53 bits per heavy atom. The summed E-state index contributed by atoms with van der Waals surface area (Å²) >= 11 is 0. The Morgan fingerprint density at radius 2 is 2.29 bits per heavy atom. The average Bonchev–Trinajstić information content (AvgIpc) is 2.69. The van der Waals surface area contributed by atoms with Crippen LogP contribution in [-0.4, -0.2) is 41.9 Å². The van der Waals surface area contributed by atoms with Gasteiger partial charge in [-0.3, -0.25) is 4.79 Å². The minimum absolute atomic E-state index is 0.0885. The Labute approximate surface area is 98.1 Å². The van der Waals surface area contributed by atoms with Crippen LogP contribution in [0.2, 0.25) is 0 Å². The molecule has 1 aromatic rings. The standard InChI is InChI=1S/C8H13N3O5S/c12-8(13)2-1-5-17(14,15)11-4-3-7-9-6-10-16-7/h6,11H,1-5H2,(H,12,13). The second kappa shape index (κ2) is 6.30. The molecular weight excluding hydrogens is 250 g/mol. The average molecular weight is 263 g/mol. The van der Waals surface area contributed by atoms with Crippen LogP contribution in [0.3, 0.4) is 0 Å². The third kappa shape index (κ3) is 5.97. The van der Waals surface area contributed by atoms with Crippen molar-refractivity contribution in [3.63, 3.8) is 0 Å². The molecular formula is C8H13N3O5S. The van der Waals surface area contributed by atoms with Crippen LogP contribution in [0.1, 0.15) is 18.7 Å². The van der Waals surface area contributed by atoms with E-state index in [1.165, 1.54) is 6.33 Å². The predicted molar refractivity (Wildman–Crippen MR) is 56.7 cm³/mol. The summed E-state index contributed by atoms with van der Waals surface area (Å²) in [7, 11) is -3.43. The lowest BCUT2D eigenvalue weighted by Gasteiger charge is -2.03. The molecule has 0 bridgehead atoms. The number of carboxylic acid groups (broad SMARTS) is 1. The second-order valence-corrected chi connectivity index (χ2v) is 5.22. The lowest BCUT2D eigenvalue weighted by molar-refractivity contribution is -0.137. The highest BCUT2D eigenvalue weighted by Gasteiger charge is 2.11. The molecule has 9 heteroatoms. The van der Waals surface area contributed by atoms with E-state index in [0.717, 1.165) is 0 Å². The number of aromatic nitrogens is 2. The maximum absolute atomic E-state index is 11.4. The van der Waals surface area contributed by atoms with Gasteiger partial charge in [0.1, 0.15) is 0 Å². The molecule has 0 amide bonds. The van der Waals surface area contributed by atoms with E-state index in [1.54, 1.807) is 0 Å². The molecule has 0 atom stereocenters. The van der Waals surface area contributed by atoms with Crippen molar-refractivity contribution in [1.82, 2.24) is 14.9 Å². The Kier molecular flexibility index (Phi) is 5.04. The molecule has 0 spiro atoms. The lowest BCUT2D eigenvalue weighted by atomic mass is 10.3. The van der Waals surface area contributed by atoms with Crippen LogP contribution in [0.15, 0.2) is 10.9 Å². The fourth-order valence-corrected chi connectivity index (χ4v) is 2.19. The van der Waals surface area contributed by atoms with Crippen LogP contribution in [0.4, 0.5) is 0 Å². The Bertz CT molecular complexity index is 442. The summed E-state index contributed by atoms with van der Waals surface area (Å²) in [5.41, 5.74) is 0. The SMILES string of the molecule is O=C(O)CCCS(=O)(=O)NCCc1ncno1. The van der Waals surface area contributed by atoms with Gasteiger partial charge < -0.3 is 9.63 Å².